The van der Waals surface area contributed by atoms with Gasteiger partial charge < -0.3 is 25.2 Å². The van der Waals surface area contributed by atoms with Gasteiger partial charge in [-0.15, -0.1) is 0 Å². The third-order valence-electron chi connectivity index (χ3n) is 6.41. The summed E-state index contributed by atoms with van der Waals surface area (Å²) >= 11 is 0. The summed E-state index contributed by atoms with van der Waals surface area (Å²) < 4.78 is 11.2. The van der Waals surface area contributed by atoms with Crippen LogP contribution < -0.4 is 10.6 Å². The molecule has 34 heavy (non-hydrogen) atoms. The van der Waals surface area contributed by atoms with Crippen molar-refractivity contribution in [3.8, 4) is 11.1 Å². The number of carbonyl (C=O) groups excluding carboxylic acids is 2. The first kappa shape index (κ1) is 23.8. The second-order valence-corrected chi connectivity index (χ2v) is 8.85. The van der Waals surface area contributed by atoms with Gasteiger partial charge in [-0.1, -0.05) is 48.5 Å². The first-order valence-corrected chi connectivity index (χ1v) is 11.7. The van der Waals surface area contributed by atoms with Crippen LogP contribution in [0.4, 0.5) is 4.79 Å². The monoisotopic (exact) mass is 466 g/mol. The fourth-order valence-electron chi connectivity index (χ4n) is 4.74. The molecule has 3 atom stereocenters. The molecule has 8 heteroatoms. The summed E-state index contributed by atoms with van der Waals surface area (Å²) in [6, 6.07) is 15.6. The minimum absolute atomic E-state index is 0.0382. The Morgan fingerprint density at radius 2 is 1.74 bits per heavy atom. The first-order valence-electron chi connectivity index (χ1n) is 11.7. The van der Waals surface area contributed by atoms with E-state index in [9.17, 15) is 14.4 Å². The number of ether oxygens (including phenoxy) is 2. The number of fused-ring (bicyclic) bond motifs is 3. The molecule has 2 aliphatic rings. The molecule has 0 radical (unpaired) electrons. The first-order chi connectivity index (χ1) is 16.4. The second kappa shape index (κ2) is 10.7. The number of amides is 2. The minimum Gasteiger partial charge on any atom is -0.481 e. The Bertz CT molecular complexity index is 1010. The Kier molecular flexibility index (Phi) is 7.47. The molecule has 0 spiro atoms. The third kappa shape index (κ3) is 5.39. The summed E-state index contributed by atoms with van der Waals surface area (Å²) in [6.45, 7) is 2.38. The Morgan fingerprint density at radius 3 is 2.38 bits per heavy atom. The number of benzene rings is 2. The zero-order valence-corrected chi connectivity index (χ0v) is 19.2. The van der Waals surface area contributed by atoms with Crippen molar-refractivity contribution in [1.29, 1.82) is 0 Å². The Balaban J connectivity index is 1.30. The highest BCUT2D eigenvalue weighted by Gasteiger charge is 2.36. The molecule has 4 rings (SSSR count). The summed E-state index contributed by atoms with van der Waals surface area (Å²) in [5, 5.41) is 14.4. The van der Waals surface area contributed by atoms with Gasteiger partial charge in [0.15, 0.2) is 6.10 Å². The van der Waals surface area contributed by atoms with Crippen LogP contribution >= 0.6 is 0 Å². The highest BCUT2D eigenvalue weighted by molar-refractivity contribution is 5.83. The van der Waals surface area contributed by atoms with E-state index in [-0.39, 0.29) is 30.9 Å². The molecule has 2 amide bonds. The molecule has 8 nitrogen and oxygen atoms in total. The lowest BCUT2D eigenvalue weighted by Crippen LogP contribution is -2.50. The molecule has 1 saturated heterocycles. The van der Waals surface area contributed by atoms with E-state index >= 15 is 0 Å². The van der Waals surface area contributed by atoms with Gasteiger partial charge in [-0.25, -0.2) is 4.79 Å². The van der Waals surface area contributed by atoms with Gasteiger partial charge in [-0.05, 0) is 48.4 Å². The van der Waals surface area contributed by atoms with Crippen molar-refractivity contribution in [3.63, 3.8) is 0 Å². The van der Waals surface area contributed by atoms with Crippen LogP contribution in [0.5, 0.6) is 0 Å². The van der Waals surface area contributed by atoms with Crippen LogP contribution in [-0.4, -0.2) is 54.5 Å². The second-order valence-electron chi connectivity index (χ2n) is 8.85. The predicted molar refractivity (Wildman–Crippen MR) is 125 cm³/mol. The zero-order valence-electron chi connectivity index (χ0n) is 19.2. The van der Waals surface area contributed by atoms with Crippen LogP contribution in [0.2, 0.25) is 0 Å². The molecule has 3 N–H and O–H groups in total. The summed E-state index contributed by atoms with van der Waals surface area (Å²) in [7, 11) is 0. The number of nitrogens with one attached hydrogen (secondary N) is 2. The van der Waals surface area contributed by atoms with Crippen molar-refractivity contribution < 1.29 is 29.0 Å². The van der Waals surface area contributed by atoms with Crippen LogP contribution in [0, 0.1) is 0 Å². The Morgan fingerprint density at radius 1 is 1.09 bits per heavy atom. The standard InChI is InChI=1S/C26H30N2O6/c1-16(7-6-12-23(29)30)27-25(31)24-22(13-14-33-24)28-26(32)34-15-21-19-10-4-2-8-17(19)18-9-3-5-11-20(18)21/h2-5,8-11,16,21-22,24H,6-7,12-15H2,1H3,(H,27,31)(H,28,32)(H,29,30)/t16?,22-,24+/m0/s1. The van der Waals surface area contributed by atoms with Crippen LogP contribution in [-0.2, 0) is 19.1 Å². The van der Waals surface area contributed by atoms with E-state index in [0.717, 1.165) is 22.3 Å². The van der Waals surface area contributed by atoms with Gasteiger partial charge in [-0.3, -0.25) is 9.59 Å². The SMILES string of the molecule is CC(CCCC(=O)O)NC(=O)[C@@H]1OCC[C@@H]1NC(=O)OCC1c2ccccc2-c2ccccc21. The number of alkyl carbamates (subject to hydrolysis) is 1. The number of hydrogen-bond acceptors (Lipinski definition) is 5. The van der Waals surface area contributed by atoms with E-state index in [1.54, 1.807) is 0 Å². The third-order valence-corrected chi connectivity index (χ3v) is 6.41. The number of carboxylic acid groups (broad SMARTS) is 1. The van der Waals surface area contributed by atoms with Crippen LogP contribution in [0.15, 0.2) is 48.5 Å². The molecular weight excluding hydrogens is 436 g/mol. The van der Waals surface area contributed by atoms with E-state index in [4.69, 9.17) is 14.6 Å². The molecule has 1 unspecified atom stereocenters. The predicted octanol–water partition coefficient (Wildman–Crippen LogP) is 3.44. The number of carboxylic acids is 1. The van der Waals surface area contributed by atoms with E-state index in [1.807, 2.05) is 31.2 Å². The van der Waals surface area contributed by atoms with E-state index in [2.05, 4.69) is 34.9 Å². The maximum absolute atomic E-state index is 12.6. The lowest BCUT2D eigenvalue weighted by Gasteiger charge is -2.22. The summed E-state index contributed by atoms with van der Waals surface area (Å²) in [6.07, 6.45) is 0.216. The molecular formula is C26H30N2O6. The molecule has 1 aliphatic carbocycles. The molecule has 1 heterocycles. The average molecular weight is 467 g/mol. The molecule has 0 aromatic heterocycles. The van der Waals surface area contributed by atoms with E-state index < -0.39 is 24.2 Å². The minimum atomic E-state index is -0.856. The van der Waals surface area contributed by atoms with Crippen molar-refractivity contribution in [1.82, 2.24) is 10.6 Å². The molecule has 2 aromatic carbocycles. The van der Waals surface area contributed by atoms with Gasteiger partial charge in [0.1, 0.15) is 6.61 Å². The highest BCUT2D eigenvalue weighted by Crippen LogP contribution is 2.44. The van der Waals surface area contributed by atoms with Crippen molar-refractivity contribution in [2.45, 2.75) is 56.7 Å². The van der Waals surface area contributed by atoms with E-state index in [1.165, 1.54) is 0 Å². The number of carbonyl (C=O) groups is 3. The molecule has 2 aromatic rings. The topological polar surface area (TPSA) is 114 Å². The number of rotatable bonds is 9. The lowest BCUT2D eigenvalue weighted by molar-refractivity contribution is -0.137. The van der Waals surface area contributed by atoms with Gasteiger partial charge in [0.2, 0.25) is 0 Å². The van der Waals surface area contributed by atoms with Crippen LogP contribution in [0.25, 0.3) is 11.1 Å². The summed E-state index contributed by atoms with van der Waals surface area (Å²) in [4.78, 5) is 35.9. The summed E-state index contributed by atoms with van der Waals surface area (Å²) in [5.41, 5.74) is 4.58. The van der Waals surface area contributed by atoms with Gasteiger partial charge in [0.05, 0.1) is 6.04 Å². The van der Waals surface area contributed by atoms with Crippen LogP contribution in [0.3, 0.4) is 0 Å². The molecule has 180 valence electrons. The summed E-state index contributed by atoms with van der Waals surface area (Å²) in [5.74, 6) is -1.21. The average Bonchev–Trinajstić information content (AvgIpc) is 3.40. The number of aliphatic carboxylic acids is 1. The highest BCUT2D eigenvalue weighted by atomic mass is 16.6. The largest absolute Gasteiger partial charge is 0.481 e. The molecule has 1 aliphatic heterocycles. The van der Waals surface area contributed by atoms with E-state index in [0.29, 0.717) is 25.9 Å². The maximum atomic E-state index is 12.6. The van der Waals surface area contributed by atoms with Crippen molar-refractivity contribution in [3.05, 3.63) is 59.7 Å². The number of hydrogen-bond donors (Lipinski definition) is 3. The van der Waals surface area contributed by atoms with Gasteiger partial charge >= 0.3 is 12.1 Å². The van der Waals surface area contributed by atoms with Gasteiger partial charge in [-0.2, -0.15) is 0 Å². The molecule has 0 bridgehead atoms. The zero-order chi connectivity index (χ0) is 24.1. The lowest BCUT2D eigenvalue weighted by atomic mass is 9.98. The Labute approximate surface area is 198 Å². The Hall–Kier alpha value is -3.39. The van der Waals surface area contributed by atoms with Crippen molar-refractivity contribution in [2.75, 3.05) is 13.2 Å². The fraction of sp³-hybridized carbons (Fsp3) is 0.423. The molecule has 1 fully saturated rings. The maximum Gasteiger partial charge on any atom is 0.407 e. The van der Waals surface area contributed by atoms with Gasteiger partial charge in [0.25, 0.3) is 5.91 Å². The van der Waals surface area contributed by atoms with Gasteiger partial charge in [0, 0.05) is 25.0 Å². The molecule has 0 saturated carbocycles. The smallest absolute Gasteiger partial charge is 0.407 e. The quantitative estimate of drug-likeness (QED) is 0.522. The normalized spacial score (nSPS) is 19.7. The van der Waals surface area contributed by atoms with Crippen molar-refractivity contribution in [2.24, 2.45) is 0 Å². The van der Waals surface area contributed by atoms with Crippen molar-refractivity contribution >= 4 is 18.0 Å². The fourth-order valence-corrected chi connectivity index (χ4v) is 4.74. The van der Waals surface area contributed by atoms with Crippen LogP contribution in [0.1, 0.15) is 49.7 Å².